The maximum absolute atomic E-state index is 11.5. The van der Waals surface area contributed by atoms with Crippen LogP contribution in [0.1, 0.15) is 0 Å². The van der Waals surface area contributed by atoms with Gasteiger partial charge in [-0.1, -0.05) is 5.92 Å². The van der Waals surface area contributed by atoms with Gasteiger partial charge in [0, 0.05) is 12.1 Å². The quantitative estimate of drug-likeness (QED) is 0.460. The number of nitro groups is 1. The molecule has 1 aromatic carbocycles. The molecule has 1 N–H and O–H groups in total. The number of imidazole rings is 1. The minimum absolute atomic E-state index is 0.0680. The van der Waals surface area contributed by atoms with Gasteiger partial charge in [0.1, 0.15) is 0 Å². The van der Waals surface area contributed by atoms with E-state index in [0.717, 1.165) is 0 Å². The van der Waals surface area contributed by atoms with Gasteiger partial charge in [-0.05, 0) is 6.07 Å². The summed E-state index contributed by atoms with van der Waals surface area (Å²) in [5.41, 5.74) is 0.540. The lowest BCUT2D eigenvalue weighted by atomic mass is 10.3. The topological polar surface area (TPSA) is 80.9 Å². The average molecular weight is 217 g/mol. The molecule has 6 heteroatoms. The summed E-state index contributed by atoms with van der Waals surface area (Å²) in [5.74, 6) is 2.35. The second-order valence-electron chi connectivity index (χ2n) is 3.18. The summed E-state index contributed by atoms with van der Waals surface area (Å²) in [7, 11) is 0. The third kappa shape index (κ3) is 1.44. The van der Waals surface area contributed by atoms with Crippen LogP contribution in [0.2, 0.25) is 0 Å². The molecule has 2 rings (SSSR count). The van der Waals surface area contributed by atoms with Crippen LogP contribution in [0.3, 0.4) is 0 Å². The van der Waals surface area contributed by atoms with Crippen molar-refractivity contribution in [2.24, 2.45) is 0 Å². The molecule has 0 atom stereocenters. The van der Waals surface area contributed by atoms with Gasteiger partial charge in [0.05, 0.1) is 22.5 Å². The Balaban J connectivity index is 2.71. The standard InChI is InChI=1S/C10H7N3O3/c1-2-5-12-9-4-3-7(13(15)16)6-8(9)11-10(12)14/h1,3-4,6H,5H2,(H,11,14). The van der Waals surface area contributed by atoms with E-state index in [2.05, 4.69) is 10.9 Å². The minimum atomic E-state index is -0.518. The van der Waals surface area contributed by atoms with E-state index in [-0.39, 0.29) is 17.9 Å². The van der Waals surface area contributed by atoms with Crippen molar-refractivity contribution in [2.45, 2.75) is 6.54 Å². The Morgan fingerprint density at radius 1 is 1.56 bits per heavy atom. The fraction of sp³-hybridized carbons (Fsp3) is 0.100. The van der Waals surface area contributed by atoms with Gasteiger partial charge in [-0.15, -0.1) is 6.42 Å². The van der Waals surface area contributed by atoms with Crippen LogP contribution in [0.25, 0.3) is 11.0 Å². The van der Waals surface area contributed by atoms with Crippen LogP contribution in [0.4, 0.5) is 5.69 Å². The van der Waals surface area contributed by atoms with Crippen molar-refractivity contribution >= 4 is 16.7 Å². The molecule has 1 heterocycles. The first-order chi connectivity index (χ1) is 7.63. The molecule has 0 spiro atoms. The van der Waals surface area contributed by atoms with Crippen molar-refractivity contribution in [3.63, 3.8) is 0 Å². The Labute approximate surface area is 89.7 Å². The first-order valence-corrected chi connectivity index (χ1v) is 4.44. The highest BCUT2D eigenvalue weighted by atomic mass is 16.6. The lowest BCUT2D eigenvalue weighted by Gasteiger charge is -1.96. The van der Waals surface area contributed by atoms with Crippen molar-refractivity contribution in [1.29, 1.82) is 0 Å². The molecular weight excluding hydrogens is 210 g/mol. The number of non-ortho nitro benzene ring substituents is 1. The first kappa shape index (κ1) is 9.98. The molecule has 0 aliphatic rings. The van der Waals surface area contributed by atoms with Gasteiger partial charge in [0.25, 0.3) is 5.69 Å². The number of aromatic nitrogens is 2. The highest BCUT2D eigenvalue weighted by molar-refractivity contribution is 5.78. The van der Waals surface area contributed by atoms with Crippen molar-refractivity contribution < 1.29 is 4.92 Å². The molecule has 16 heavy (non-hydrogen) atoms. The van der Waals surface area contributed by atoms with E-state index in [9.17, 15) is 14.9 Å². The Morgan fingerprint density at radius 2 is 2.31 bits per heavy atom. The molecule has 0 unspecified atom stereocenters. The highest BCUT2D eigenvalue weighted by Gasteiger charge is 2.10. The molecule has 0 amide bonds. The summed E-state index contributed by atoms with van der Waals surface area (Å²) in [6.07, 6.45) is 5.13. The van der Waals surface area contributed by atoms with Crippen LogP contribution in [0, 0.1) is 22.5 Å². The summed E-state index contributed by atoms with van der Waals surface area (Å²) >= 11 is 0. The fourth-order valence-corrected chi connectivity index (χ4v) is 1.51. The number of hydrogen-bond donors (Lipinski definition) is 1. The van der Waals surface area contributed by atoms with Gasteiger partial charge >= 0.3 is 5.69 Å². The summed E-state index contributed by atoms with van der Waals surface area (Å²) in [6, 6.07) is 4.15. The van der Waals surface area contributed by atoms with Gasteiger partial charge in [-0.25, -0.2) is 4.79 Å². The smallest absolute Gasteiger partial charge is 0.305 e. The Hall–Kier alpha value is -2.55. The number of fused-ring (bicyclic) bond motifs is 1. The van der Waals surface area contributed by atoms with Crippen LogP contribution in [0.5, 0.6) is 0 Å². The van der Waals surface area contributed by atoms with Gasteiger partial charge in [0.2, 0.25) is 0 Å². The molecule has 2 aromatic rings. The number of rotatable bonds is 2. The lowest BCUT2D eigenvalue weighted by molar-refractivity contribution is -0.384. The average Bonchev–Trinajstić information content (AvgIpc) is 2.55. The number of benzene rings is 1. The SMILES string of the molecule is C#CCn1c(=O)[nH]c2cc([N+](=O)[O-])ccc21. The third-order valence-corrected chi connectivity index (χ3v) is 2.22. The van der Waals surface area contributed by atoms with Crippen LogP contribution in [0.15, 0.2) is 23.0 Å². The molecule has 0 fully saturated rings. The number of terminal acetylenes is 1. The lowest BCUT2D eigenvalue weighted by Crippen LogP contribution is -2.15. The van der Waals surface area contributed by atoms with Crippen LogP contribution in [-0.2, 0) is 6.54 Å². The number of nitrogens with zero attached hydrogens (tertiary/aromatic N) is 2. The molecule has 0 radical (unpaired) electrons. The number of H-pyrrole nitrogens is 1. The maximum Gasteiger partial charge on any atom is 0.327 e. The molecule has 80 valence electrons. The Bertz CT molecular complexity index is 660. The van der Waals surface area contributed by atoms with E-state index in [1.807, 2.05) is 0 Å². The highest BCUT2D eigenvalue weighted by Crippen LogP contribution is 2.17. The monoisotopic (exact) mass is 217 g/mol. The van der Waals surface area contributed by atoms with E-state index >= 15 is 0 Å². The maximum atomic E-state index is 11.5. The third-order valence-electron chi connectivity index (χ3n) is 2.22. The molecule has 6 nitrogen and oxygen atoms in total. The molecule has 1 aromatic heterocycles. The summed E-state index contributed by atoms with van der Waals surface area (Å²) in [5, 5.41) is 10.5. The van der Waals surface area contributed by atoms with Crippen molar-refractivity contribution in [3.8, 4) is 12.3 Å². The number of hydrogen-bond acceptors (Lipinski definition) is 3. The number of nitrogens with one attached hydrogen (secondary N) is 1. The second-order valence-corrected chi connectivity index (χ2v) is 3.18. The largest absolute Gasteiger partial charge is 0.327 e. The van der Waals surface area contributed by atoms with Crippen LogP contribution >= 0.6 is 0 Å². The minimum Gasteiger partial charge on any atom is -0.305 e. The zero-order chi connectivity index (χ0) is 11.7. The summed E-state index contributed by atoms with van der Waals surface area (Å²) < 4.78 is 1.35. The second kappa shape index (κ2) is 3.55. The number of aromatic amines is 1. The van der Waals surface area contributed by atoms with Crippen molar-refractivity contribution in [3.05, 3.63) is 38.8 Å². The van der Waals surface area contributed by atoms with E-state index in [1.165, 1.54) is 22.8 Å². The zero-order valence-electron chi connectivity index (χ0n) is 8.14. The predicted molar refractivity (Wildman–Crippen MR) is 58.0 cm³/mol. The fourth-order valence-electron chi connectivity index (χ4n) is 1.51. The van der Waals surface area contributed by atoms with Gasteiger partial charge in [-0.2, -0.15) is 0 Å². The van der Waals surface area contributed by atoms with E-state index in [0.29, 0.717) is 11.0 Å². The van der Waals surface area contributed by atoms with Crippen molar-refractivity contribution in [1.82, 2.24) is 9.55 Å². The van der Waals surface area contributed by atoms with Crippen LogP contribution in [-0.4, -0.2) is 14.5 Å². The Morgan fingerprint density at radius 3 is 2.94 bits per heavy atom. The summed E-state index contributed by atoms with van der Waals surface area (Å²) in [4.78, 5) is 24.0. The van der Waals surface area contributed by atoms with Crippen molar-refractivity contribution in [2.75, 3.05) is 0 Å². The van der Waals surface area contributed by atoms with Gasteiger partial charge in [-0.3, -0.25) is 14.7 Å². The summed E-state index contributed by atoms with van der Waals surface area (Å²) in [6.45, 7) is 0.136. The molecule has 0 aliphatic carbocycles. The molecule has 0 saturated carbocycles. The van der Waals surface area contributed by atoms with E-state index < -0.39 is 4.92 Å². The normalized spacial score (nSPS) is 10.2. The number of nitro benzene ring substituents is 1. The van der Waals surface area contributed by atoms with E-state index in [4.69, 9.17) is 6.42 Å². The van der Waals surface area contributed by atoms with Gasteiger partial charge in [0.15, 0.2) is 0 Å². The molecule has 0 saturated heterocycles. The molecule has 0 bridgehead atoms. The first-order valence-electron chi connectivity index (χ1n) is 4.44. The zero-order valence-corrected chi connectivity index (χ0v) is 8.14. The molecular formula is C10H7N3O3. The molecule has 0 aliphatic heterocycles. The van der Waals surface area contributed by atoms with Gasteiger partial charge < -0.3 is 4.98 Å². The van der Waals surface area contributed by atoms with E-state index in [1.54, 1.807) is 0 Å². The van der Waals surface area contributed by atoms with Crippen LogP contribution < -0.4 is 5.69 Å². The Kier molecular flexibility index (Phi) is 2.21. The predicted octanol–water partition coefficient (Wildman–Crippen LogP) is 0.871.